The summed E-state index contributed by atoms with van der Waals surface area (Å²) < 4.78 is 5.63. The minimum Gasteiger partial charge on any atom is -0.508 e. The molecule has 4 rings (SSSR count). The molecule has 0 radical (unpaired) electrons. The van der Waals surface area contributed by atoms with Crippen LogP contribution in [0.5, 0.6) is 17.2 Å². The van der Waals surface area contributed by atoms with Crippen LogP contribution >= 0.6 is 0 Å². The maximum atomic E-state index is 11.2. The highest BCUT2D eigenvalue weighted by atomic mass is 16.5. The van der Waals surface area contributed by atoms with Crippen molar-refractivity contribution in [2.75, 3.05) is 7.11 Å². The summed E-state index contributed by atoms with van der Waals surface area (Å²) in [6, 6.07) is 12.2. The van der Waals surface area contributed by atoms with E-state index < -0.39 is 12.2 Å². The Labute approximate surface area is 230 Å². The Morgan fingerprint density at radius 2 is 1.79 bits per heavy atom. The Morgan fingerprint density at radius 1 is 1.00 bits per heavy atom. The highest BCUT2D eigenvalue weighted by Crippen LogP contribution is 2.43. The van der Waals surface area contributed by atoms with Gasteiger partial charge in [-0.15, -0.1) is 5.92 Å². The molecular formula is C33H40O6. The van der Waals surface area contributed by atoms with E-state index in [0.29, 0.717) is 54.0 Å². The van der Waals surface area contributed by atoms with Crippen molar-refractivity contribution in [1.82, 2.24) is 0 Å². The van der Waals surface area contributed by atoms with Crippen LogP contribution in [-0.4, -0.2) is 44.9 Å². The van der Waals surface area contributed by atoms with E-state index in [1.165, 1.54) is 7.11 Å². The topological polar surface area (TPSA) is 110 Å². The normalized spacial score (nSPS) is 20.7. The van der Waals surface area contributed by atoms with Crippen molar-refractivity contribution < 1.29 is 30.3 Å². The lowest BCUT2D eigenvalue weighted by molar-refractivity contribution is 0.00561. The average Bonchev–Trinajstić information content (AvgIpc) is 2.94. The third-order valence-electron chi connectivity index (χ3n) is 8.05. The molecule has 0 bridgehead atoms. The van der Waals surface area contributed by atoms with Gasteiger partial charge in [-0.3, -0.25) is 0 Å². The van der Waals surface area contributed by atoms with E-state index in [0.717, 1.165) is 42.0 Å². The number of aryl methyl sites for hydroxylation is 1. The van der Waals surface area contributed by atoms with Crippen LogP contribution in [0.4, 0.5) is 0 Å². The monoisotopic (exact) mass is 532 g/mol. The van der Waals surface area contributed by atoms with Gasteiger partial charge in [0.05, 0.1) is 25.9 Å². The summed E-state index contributed by atoms with van der Waals surface area (Å²) in [5.41, 5.74) is 2.84. The largest absolute Gasteiger partial charge is 0.508 e. The maximum Gasteiger partial charge on any atom is 0.168 e. The van der Waals surface area contributed by atoms with E-state index >= 15 is 0 Å². The van der Waals surface area contributed by atoms with E-state index in [-0.39, 0.29) is 24.0 Å². The van der Waals surface area contributed by atoms with Gasteiger partial charge in [0.1, 0.15) is 5.75 Å². The zero-order valence-electron chi connectivity index (χ0n) is 22.9. The van der Waals surface area contributed by atoms with Gasteiger partial charge in [0.15, 0.2) is 11.5 Å². The summed E-state index contributed by atoms with van der Waals surface area (Å²) >= 11 is 0. The number of aliphatic hydroxyl groups excluding tert-OH is 3. The summed E-state index contributed by atoms with van der Waals surface area (Å²) in [7, 11) is 1.49. The first-order valence-corrected chi connectivity index (χ1v) is 14.0. The van der Waals surface area contributed by atoms with E-state index in [4.69, 9.17) is 4.74 Å². The van der Waals surface area contributed by atoms with Crippen molar-refractivity contribution in [1.29, 1.82) is 0 Å². The van der Waals surface area contributed by atoms with E-state index in [1.54, 1.807) is 24.3 Å². The minimum atomic E-state index is -0.752. The molecule has 39 heavy (non-hydrogen) atoms. The maximum absolute atomic E-state index is 11.2. The van der Waals surface area contributed by atoms with E-state index in [2.05, 4.69) is 18.8 Å². The Bertz CT molecular complexity index is 1340. The molecule has 6 heteroatoms. The van der Waals surface area contributed by atoms with Crippen LogP contribution in [0.1, 0.15) is 63.0 Å². The molecule has 1 aliphatic carbocycles. The zero-order valence-corrected chi connectivity index (χ0v) is 22.9. The predicted octanol–water partition coefficient (Wildman–Crippen LogP) is 5.68. The standard InChI is InChI=1S/C33H40O6/c1-3-21-7-4-5-10-29(36)27(9-6-8-21)30(37)15-12-22-13-16-31(38)33(39-2)32(22)28-19-23-11-14-26(35)18-24(23)17-25(28)20-34/h11,13-14,16-19,21,27,29-30,34-38H,3-5,7,9-10,12,15,20H2,1-2H3/t21-,27+,29+,30-/m1/s1. The molecule has 5 N–H and O–H groups in total. The smallest absolute Gasteiger partial charge is 0.168 e. The average molecular weight is 533 g/mol. The first-order chi connectivity index (χ1) is 18.9. The second-order valence-corrected chi connectivity index (χ2v) is 10.6. The van der Waals surface area contributed by atoms with E-state index in [1.807, 2.05) is 18.2 Å². The van der Waals surface area contributed by atoms with Crippen molar-refractivity contribution in [3.8, 4) is 40.2 Å². The summed E-state index contributed by atoms with van der Waals surface area (Å²) in [4.78, 5) is 0. The van der Waals surface area contributed by atoms with Gasteiger partial charge in [0, 0.05) is 23.8 Å². The number of hydrogen-bond donors (Lipinski definition) is 5. The second-order valence-electron chi connectivity index (χ2n) is 10.6. The molecule has 0 aromatic heterocycles. The lowest BCUT2D eigenvalue weighted by Gasteiger charge is -2.27. The molecule has 208 valence electrons. The molecule has 4 atom stereocenters. The van der Waals surface area contributed by atoms with Gasteiger partial charge < -0.3 is 30.3 Å². The van der Waals surface area contributed by atoms with Crippen LogP contribution in [0.2, 0.25) is 0 Å². The number of benzene rings is 3. The number of phenolic OH excluding ortho intramolecular Hbond substituents is 2. The lowest BCUT2D eigenvalue weighted by atomic mass is 9.84. The molecular weight excluding hydrogens is 492 g/mol. The van der Waals surface area contributed by atoms with Crippen LogP contribution < -0.4 is 4.74 Å². The number of rotatable bonds is 8. The van der Waals surface area contributed by atoms with Crippen molar-refractivity contribution in [3.05, 3.63) is 53.6 Å². The second kappa shape index (κ2) is 13.2. The van der Waals surface area contributed by atoms with Crippen molar-refractivity contribution in [2.45, 2.75) is 77.1 Å². The van der Waals surface area contributed by atoms with Crippen LogP contribution in [0.15, 0.2) is 42.5 Å². The summed E-state index contributed by atoms with van der Waals surface area (Å²) in [5, 5.41) is 54.6. The fourth-order valence-electron chi connectivity index (χ4n) is 5.72. The van der Waals surface area contributed by atoms with Crippen LogP contribution in [0, 0.1) is 23.7 Å². The molecule has 0 fully saturated rings. The van der Waals surface area contributed by atoms with Gasteiger partial charge in [-0.05, 0) is 89.9 Å². The Kier molecular flexibility index (Phi) is 9.74. The van der Waals surface area contributed by atoms with Gasteiger partial charge in [0.25, 0.3) is 0 Å². The molecule has 6 nitrogen and oxygen atoms in total. The van der Waals surface area contributed by atoms with Crippen molar-refractivity contribution in [2.24, 2.45) is 11.8 Å². The fraction of sp³-hybridized carbons (Fsp3) is 0.455. The first-order valence-electron chi connectivity index (χ1n) is 14.0. The van der Waals surface area contributed by atoms with Crippen molar-refractivity contribution >= 4 is 10.8 Å². The molecule has 1 aliphatic rings. The van der Waals surface area contributed by atoms with Gasteiger partial charge in [0.2, 0.25) is 0 Å². The molecule has 0 spiro atoms. The Morgan fingerprint density at radius 3 is 2.54 bits per heavy atom. The highest BCUT2D eigenvalue weighted by Gasteiger charge is 2.27. The highest BCUT2D eigenvalue weighted by molar-refractivity contribution is 5.92. The molecule has 0 aliphatic heterocycles. The van der Waals surface area contributed by atoms with Gasteiger partial charge >= 0.3 is 0 Å². The molecule has 0 unspecified atom stereocenters. The molecule has 0 saturated carbocycles. The molecule has 0 amide bonds. The lowest BCUT2D eigenvalue weighted by Crippen LogP contribution is -2.32. The summed E-state index contributed by atoms with van der Waals surface area (Å²) in [6.45, 7) is 1.91. The summed E-state index contributed by atoms with van der Waals surface area (Å²) in [6.07, 6.45) is 4.64. The fourth-order valence-corrected chi connectivity index (χ4v) is 5.72. The van der Waals surface area contributed by atoms with Gasteiger partial charge in [-0.25, -0.2) is 0 Å². The summed E-state index contributed by atoms with van der Waals surface area (Å²) in [5.74, 6) is 7.04. The number of hydrogen-bond acceptors (Lipinski definition) is 6. The van der Waals surface area contributed by atoms with E-state index in [9.17, 15) is 25.5 Å². The predicted molar refractivity (Wildman–Crippen MR) is 154 cm³/mol. The SMILES string of the molecule is CC[C@H]1C#CC[C@H]([C@H](O)CCc2ccc(O)c(OC)c2-c2cc3ccc(O)cc3cc2CO)[C@@H](O)CCCC1. The number of ether oxygens (including phenoxy) is 1. The molecule has 0 saturated heterocycles. The van der Waals surface area contributed by atoms with Crippen molar-refractivity contribution in [3.63, 3.8) is 0 Å². The number of phenols is 2. The number of methoxy groups -OCH3 is 1. The number of aliphatic hydroxyl groups is 3. The zero-order chi connectivity index (χ0) is 27.9. The van der Waals surface area contributed by atoms with Crippen LogP contribution in [-0.2, 0) is 13.0 Å². The molecule has 0 heterocycles. The van der Waals surface area contributed by atoms with Gasteiger partial charge in [-0.2, -0.15) is 0 Å². The third-order valence-corrected chi connectivity index (χ3v) is 8.05. The minimum absolute atomic E-state index is 0.0185. The quantitative estimate of drug-likeness (QED) is 0.239. The Balaban J connectivity index is 1.67. The number of aromatic hydroxyl groups is 2. The van der Waals surface area contributed by atoms with Gasteiger partial charge in [-0.1, -0.05) is 37.8 Å². The molecule has 3 aromatic rings. The first kappa shape index (κ1) is 28.8. The third kappa shape index (κ3) is 6.67. The van der Waals surface area contributed by atoms with Crippen LogP contribution in [0.25, 0.3) is 21.9 Å². The Hall–Kier alpha value is -3.24. The number of fused-ring (bicyclic) bond motifs is 1. The molecule has 3 aromatic carbocycles. The van der Waals surface area contributed by atoms with Crippen LogP contribution in [0.3, 0.4) is 0 Å².